The second kappa shape index (κ2) is 6.62. The van der Waals surface area contributed by atoms with Gasteiger partial charge in [-0.05, 0) is 18.2 Å². The molecular formula is C15H20N2O5. The van der Waals surface area contributed by atoms with Crippen LogP contribution in [0.4, 0.5) is 0 Å². The largest absolute Gasteiger partial charge is 0.492 e. The lowest BCUT2D eigenvalue weighted by atomic mass is 10.1. The Morgan fingerprint density at radius 2 is 2.18 bits per heavy atom. The number of aliphatic hydroxyl groups is 1. The van der Waals surface area contributed by atoms with E-state index in [9.17, 15) is 9.90 Å². The molecule has 2 heterocycles. The van der Waals surface area contributed by atoms with E-state index in [4.69, 9.17) is 19.9 Å². The highest BCUT2D eigenvalue weighted by atomic mass is 16.6. The zero-order valence-electron chi connectivity index (χ0n) is 12.1. The van der Waals surface area contributed by atoms with Gasteiger partial charge in [0.1, 0.15) is 30.7 Å². The summed E-state index contributed by atoms with van der Waals surface area (Å²) < 4.78 is 16.4. The van der Waals surface area contributed by atoms with Gasteiger partial charge in [0.2, 0.25) is 0 Å². The van der Waals surface area contributed by atoms with Gasteiger partial charge < -0.3 is 30.4 Å². The molecule has 7 heteroatoms. The van der Waals surface area contributed by atoms with Crippen molar-refractivity contribution in [3.05, 3.63) is 29.8 Å². The third-order valence-corrected chi connectivity index (χ3v) is 3.83. The minimum absolute atomic E-state index is 0.225. The molecule has 0 spiro atoms. The van der Waals surface area contributed by atoms with E-state index in [1.54, 1.807) is 24.3 Å². The molecule has 120 valence electrons. The number of benzene rings is 1. The molecule has 1 amide bonds. The third-order valence-electron chi connectivity index (χ3n) is 3.83. The first-order chi connectivity index (χ1) is 10.7. The zero-order chi connectivity index (χ0) is 15.5. The fourth-order valence-electron chi connectivity index (χ4n) is 2.76. The molecule has 0 saturated carbocycles. The van der Waals surface area contributed by atoms with Gasteiger partial charge in [0.05, 0.1) is 19.3 Å². The summed E-state index contributed by atoms with van der Waals surface area (Å²) in [6, 6.07) is 6.65. The maximum Gasteiger partial charge on any atom is 0.251 e. The molecule has 2 fully saturated rings. The molecule has 2 aliphatic rings. The van der Waals surface area contributed by atoms with Gasteiger partial charge in [0, 0.05) is 12.1 Å². The highest BCUT2D eigenvalue weighted by Crippen LogP contribution is 2.27. The van der Waals surface area contributed by atoms with Gasteiger partial charge in [-0.2, -0.15) is 0 Å². The first-order valence-corrected chi connectivity index (χ1v) is 7.34. The highest BCUT2D eigenvalue weighted by molar-refractivity contribution is 5.94. The van der Waals surface area contributed by atoms with Crippen LogP contribution in [0, 0.1) is 0 Å². The second-order valence-electron chi connectivity index (χ2n) is 5.41. The molecule has 4 N–H and O–H groups in total. The number of rotatable bonds is 5. The number of nitrogens with one attached hydrogen (secondary N) is 1. The lowest BCUT2D eigenvalue weighted by Gasteiger charge is -2.17. The van der Waals surface area contributed by atoms with Crippen LogP contribution in [0.3, 0.4) is 0 Å². The van der Waals surface area contributed by atoms with Crippen LogP contribution in [-0.2, 0) is 9.47 Å². The molecule has 2 aliphatic heterocycles. The maximum atomic E-state index is 12.3. The molecule has 3 rings (SSSR count). The fourth-order valence-corrected chi connectivity index (χ4v) is 2.76. The van der Waals surface area contributed by atoms with Crippen LogP contribution < -0.4 is 15.8 Å². The van der Waals surface area contributed by atoms with Crippen LogP contribution in [0.15, 0.2) is 24.3 Å². The van der Waals surface area contributed by atoms with E-state index in [1.165, 1.54) is 0 Å². The first-order valence-electron chi connectivity index (χ1n) is 7.34. The summed E-state index contributed by atoms with van der Waals surface area (Å²) in [5, 5.41) is 12.6. The Hall–Kier alpha value is -1.67. The highest BCUT2D eigenvalue weighted by Gasteiger charge is 2.47. The topological polar surface area (TPSA) is 103 Å². The molecule has 0 radical (unpaired) electrons. The number of ether oxygens (including phenoxy) is 3. The molecule has 0 unspecified atom stereocenters. The van der Waals surface area contributed by atoms with Crippen molar-refractivity contribution in [2.75, 3.05) is 26.4 Å². The lowest BCUT2D eigenvalue weighted by molar-refractivity contribution is 0.0178. The van der Waals surface area contributed by atoms with Gasteiger partial charge in [-0.1, -0.05) is 6.07 Å². The Bertz CT molecular complexity index is 538. The predicted molar refractivity (Wildman–Crippen MR) is 77.7 cm³/mol. The van der Waals surface area contributed by atoms with Crippen molar-refractivity contribution in [1.82, 2.24) is 5.32 Å². The van der Waals surface area contributed by atoms with Crippen molar-refractivity contribution in [3.63, 3.8) is 0 Å². The summed E-state index contributed by atoms with van der Waals surface area (Å²) in [4.78, 5) is 12.3. The van der Waals surface area contributed by atoms with Gasteiger partial charge in [-0.25, -0.2) is 0 Å². The van der Waals surface area contributed by atoms with Gasteiger partial charge in [0.25, 0.3) is 5.91 Å². The summed E-state index contributed by atoms with van der Waals surface area (Å²) >= 11 is 0. The van der Waals surface area contributed by atoms with E-state index < -0.39 is 6.10 Å². The Morgan fingerprint density at radius 1 is 1.36 bits per heavy atom. The molecular weight excluding hydrogens is 288 g/mol. The molecule has 4 atom stereocenters. The summed E-state index contributed by atoms with van der Waals surface area (Å²) in [5.74, 6) is 0.378. The SMILES string of the molecule is NCCOc1cccc(C(=O)N[C@@H]2CO[C@H]3[C@@H]2OC[C@H]3O)c1. The molecule has 1 aromatic rings. The number of aliphatic hydroxyl groups excluding tert-OH is 1. The zero-order valence-corrected chi connectivity index (χ0v) is 12.1. The number of amides is 1. The summed E-state index contributed by atoms with van der Waals surface area (Å²) in [7, 11) is 0. The maximum absolute atomic E-state index is 12.3. The van der Waals surface area contributed by atoms with Crippen molar-refractivity contribution in [1.29, 1.82) is 0 Å². The van der Waals surface area contributed by atoms with Crippen LogP contribution in [0.1, 0.15) is 10.4 Å². The molecule has 1 aromatic carbocycles. The Morgan fingerprint density at radius 3 is 3.00 bits per heavy atom. The Balaban J connectivity index is 1.62. The first kappa shape index (κ1) is 15.2. The molecule has 0 aromatic heterocycles. The van der Waals surface area contributed by atoms with E-state index in [1.807, 2.05) is 0 Å². The predicted octanol–water partition coefficient (Wildman–Crippen LogP) is -0.719. The van der Waals surface area contributed by atoms with Crippen molar-refractivity contribution in [2.45, 2.75) is 24.4 Å². The summed E-state index contributed by atoms with van der Waals surface area (Å²) in [5.41, 5.74) is 5.89. The standard InChI is InChI=1S/C15H20N2O5/c16-4-5-20-10-3-1-2-9(6-10)15(19)17-11-7-21-14-12(18)8-22-13(11)14/h1-3,6,11-14,18H,4-5,7-8,16H2,(H,17,19)/t11-,12-,13-,14-/m1/s1. The number of fused-ring (bicyclic) bond motifs is 1. The third kappa shape index (κ3) is 3.07. The number of hydrogen-bond acceptors (Lipinski definition) is 6. The molecule has 0 aliphatic carbocycles. The normalized spacial score (nSPS) is 30.1. The number of carbonyl (C=O) groups is 1. The Labute approximate surface area is 128 Å². The second-order valence-corrected chi connectivity index (χ2v) is 5.41. The van der Waals surface area contributed by atoms with Crippen LogP contribution in [0.2, 0.25) is 0 Å². The van der Waals surface area contributed by atoms with Gasteiger partial charge >= 0.3 is 0 Å². The molecule has 22 heavy (non-hydrogen) atoms. The Kier molecular flexibility index (Phi) is 4.58. The quantitative estimate of drug-likeness (QED) is 0.663. The number of nitrogens with two attached hydrogens (primary N) is 1. The summed E-state index contributed by atoms with van der Waals surface area (Å²) in [6.45, 7) is 1.39. The molecule has 7 nitrogen and oxygen atoms in total. The van der Waals surface area contributed by atoms with Crippen LogP contribution >= 0.6 is 0 Å². The fraction of sp³-hybridized carbons (Fsp3) is 0.533. The molecule has 0 bridgehead atoms. The van der Waals surface area contributed by atoms with E-state index in [0.717, 1.165) is 0 Å². The smallest absolute Gasteiger partial charge is 0.251 e. The average molecular weight is 308 g/mol. The van der Waals surface area contributed by atoms with E-state index >= 15 is 0 Å². The van der Waals surface area contributed by atoms with E-state index in [0.29, 0.717) is 31.1 Å². The van der Waals surface area contributed by atoms with Crippen molar-refractivity contribution in [2.24, 2.45) is 5.73 Å². The van der Waals surface area contributed by atoms with E-state index in [2.05, 4.69) is 5.32 Å². The van der Waals surface area contributed by atoms with E-state index in [-0.39, 0.29) is 30.8 Å². The van der Waals surface area contributed by atoms with Gasteiger partial charge in [-0.3, -0.25) is 4.79 Å². The van der Waals surface area contributed by atoms with Gasteiger partial charge in [-0.15, -0.1) is 0 Å². The van der Waals surface area contributed by atoms with Crippen molar-refractivity contribution >= 4 is 5.91 Å². The molecule has 2 saturated heterocycles. The minimum Gasteiger partial charge on any atom is -0.492 e. The lowest BCUT2D eigenvalue weighted by Crippen LogP contribution is -2.44. The van der Waals surface area contributed by atoms with Crippen molar-refractivity contribution < 1.29 is 24.1 Å². The van der Waals surface area contributed by atoms with Crippen LogP contribution in [0.25, 0.3) is 0 Å². The van der Waals surface area contributed by atoms with Crippen LogP contribution in [0.5, 0.6) is 5.75 Å². The minimum atomic E-state index is -0.625. The average Bonchev–Trinajstić information content (AvgIpc) is 3.09. The number of hydrogen-bond donors (Lipinski definition) is 3. The van der Waals surface area contributed by atoms with Crippen LogP contribution in [-0.4, -0.2) is 61.7 Å². The summed E-state index contributed by atoms with van der Waals surface area (Å²) in [6.07, 6.45) is -1.28. The number of carbonyl (C=O) groups excluding carboxylic acids is 1. The van der Waals surface area contributed by atoms with Crippen molar-refractivity contribution in [3.8, 4) is 5.75 Å². The monoisotopic (exact) mass is 308 g/mol. The van der Waals surface area contributed by atoms with Gasteiger partial charge in [0.15, 0.2) is 0 Å².